The van der Waals surface area contributed by atoms with Crippen molar-refractivity contribution in [3.63, 3.8) is 0 Å². The highest BCUT2D eigenvalue weighted by Gasteiger charge is 2.47. The zero-order valence-electron chi connectivity index (χ0n) is 12.3. The van der Waals surface area contributed by atoms with Crippen LogP contribution in [0.2, 0.25) is 0 Å². The standard InChI is InChI=1S/C15H27N3O/c1-14(2)5-7-15(8-6-14)11-17-13(16)18(15)10-12-4-3-9-19-12/h12H,3-11H2,1-2H3,(H2,16,17). The van der Waals surface area contributed by atoms with E-state index in [0.717, 1.165) is 25.7 Å². The second-order valence-electron chi connectivity index (χ2n) is 7.31. The molecule has 0 radical (unpaired) electrons. The summed E-state index contributed by atoms with van der Waals surface area (Å²) >= 11 is 0. The van der Waals surface area contributed by atoms with Gasteiger partial charge in [0, 0.05) is 13.2 Å². The summed E-state index contributed by atoms with van der Waals surface area (Å²) in [7, 11) is 0. The van der Waals surface area contributed by atoms with Gasteiger partial charge in [0.05, 0.1) is 18.2 Å². The third-order valence-electron chi connectivity index (χ3n) is 5.33. The number of nitrogens with zero attached hydrogens (tertiary/aromatic N) is 2. The molecule has 3 aliphatic rings. The molecule has 108 valence electrons. The highest BCUT2D eigenvalue weighted by atomic mass is 16.5. The van der Waals surface area contributed by atoms with Crippen LogP contribution in [0.25, 0.3) is 0 Å². The van der Waals surface area contributed by atoms with E-state index in [0.29, 0.717) is 11.5 Å². The van der Waals surface area contributed by atoms with Crippen molar-refractivity contribution in [1.29, 1.82) is 0 Å². The minimum Gasteiger partial charge on any atom is -0.376 e. The topological polar surface area (TPSA) is 50.8 Å². The molecule has 19 heavy (non-hydrogen) atoms. The van der Waals surface area contributed by atoms with Gasteiger partial charge >= 0.3 is 0 Å². The Hall–Kier alpha value is -0.770. The van der Waals surface area contributed by atoms with Crippen LogP contribution in [0.4, 0.5) is 0 Å². The summed E-state index contributed by atoms with van der Waals surface area (Å²) in [4.78, 5) is 6.92. The van der Waals surface area contributed by atoms with Crippen molar-refractivity contribution in [2.24, 2.45) is 16.1 Å². The second-order valence-corrected chi connectivity index (χ2v) is 7.31. The number of hydrogen-bond acceptors (Lipinski definition) is 4. The molecular formula is C15H27N3O. The first-order valence-electron chi connectivity index (χ1n) is 7.70. The van der Waals surface area contributed by atoms with E-state index in [-0.39, 0.29) is 5.54 Å². The summed E-state index contributed by atoms with van der Waals surface area (Å²) in [6.45, 7) is 7.50. The van der Waals surface area contributed by atoms with Crippen LogP contribution < -0.4 is 5.73 Å². The molecule has 1 saturated carbocycles. The number of guanidine groups is 1. The zero-order chi connectivity index (χ0) is 13.5. The Balaban J connectivity index is 1.70. The summed E-state index contributed by atoms with van der Waals surface area (Å²) in [6.07, 6.45) is 7.71. The molecule has 0 aromatic heterocycles. The van der Waals surface area contributed by atoms with Crippen LogP contribution in [0.1, 0.15) is 52.4 Å². The van der Waals surface area contributed by atoms with E-state index < -0.39 is 0 Å². The maximum atomic E-state index is 6.15. The lowest BCUT2D eigenvalue weighted by Gasteiger charge is -2.47. The van der Waals surface area contributed by atoms with E-state index >= 15 is 0 Å². The quantitative estimate of drug-likeness (QED) is 0.832. The Morgan fingerprint density at radius 1 is 1.32 bits per heavy atom. The first kappa shape index (κ1) is 13.2. The fourth-order valence-corrected chi connectivity index (χ4v) is 3.74. The maximum Gasteiger partial charge on any atom is 0.191 e. The lowest BCUT2D eigenvalue weighted by Crippen LogP contribution is -2.56. The minimum atomic E-state index is 0.200. The Morgan fingerprint density at radius 3 is 2.68 bits per heavy atom. The first-order chi connectivity index (χ1) is 9.01. The monoisotopic (exact) mass is 265 g/mol. The van der Waals surface area contributed by atoms with E-state index in [1.165, 1.54) is 38.5 Å². The van der Waals surface area contributed by atoms with Gasteiger partial charge in [0.2, 0.25) is 0 Å². The number of ether oxygens (including phenoxy) is 1. The van der Waals surface area contributed by atoms with Crippen LogP contribution in [0, 0.1) is 5.41 Å². The molecule has 1 aliphatic carbocycles. The number of nitrogens with two attached hydrogens (primary N) is 1. The SMILES string of the molecule is CC1(C)CCC2(CC1)CN=C(N)N2CC1CCCO1. The number of hydrogen-bond donors (Lipinski definition) is 1. The second kappa shape index (κ2) is 4.65. The Labute approximate surface area is 116 Å². The predicted octanol–water partition coefficient (Wildman–Crippen LogP) is 2.13. The molecule has 0 aromatic carbocycles. The molecular weight excluding hydrogens is 238 g/mol. The van der Waals surface area contributed by atoms with Gasteiger partial charge in [-0.1, -0.05) is 13.8 Å². The molecule has 2 N–H and O–H groups in total. The predicted molar refractivity (Wildman–Crippen MR) is 77.1 cm³/mol. The van der Waals surface area contributed by atoms with Crippen LogP contribution in [-0.4, -0.2) is 42.2 Å². The van der Waals surface area contributed by atoms with Crippen molar-refractivity contribution in [3.05, 3.63) is 0 Å². The molecule has 1 spiro atoms. The number of aliphatic imine (C=N–C) groups is 1. The third-order valence-corrected chi connectivity index (χ3v) is 5.33. The van der Waals surface area contributed by atoms with Gasteiger partial charge in [-0.25, -0.2) is 0 Å². The van der Waals surface area contributed by atoms with E-state index in [9.17, 15) is 0 Å². The summed E-state index contributed by atoms with van der Waals surface area (Å²) in [5.41, 5.74) is 6.83. The fourth-order valence-electron chi connectivity index (χ4n) is 3.74. The van der Waals surface area contributed by atoms with Gasteiger partial charge in [-0.2, -0.15) is 0 Å². The molecule has 1 unspecified atom stereocenters. The van der Waals surface area contributed by atoms with Crippen molar-refractivity contribution in [1.82, 2.24) is 4.90 Å². The average molecular weight is 265 g/mol. The maximum absolute atomic E-state index is 6.15. The molecule has 3 rings (SSSR count). The van der Waals surface area contributed by atoms with E-state index in [4.69, 9.17) is 10.5 Å². The van der Waals surface area contributed by atoms with E-state index in [2.05, 4.69) is 23.7 Å². The van der Waals surface area contributed by atoms with Gasteiger partial charge in [0.1, 0.15) is 0 Å². The van der Waals surface area contributed by atoms with Gasteiger partial charge in [-0.15, -0.1) is 0 Å². The summed E-state index contributed by atoms with van der Waals surface area (Å²) < 4.78 is 5.79. The van der Waals surface area contributed by atoms with Crippen molar-refractivity contribution < 1.29 is 4.74 Å². The summed E-state index contributed by atoms with van der Waals surface area (Å²) in [5.74, 6) is 0.746. The van der Waals surface area contributed by atoms with Crippen molar-refractivity contribution in [2.45, 2.75) is 64.0 Å². The van der Waals surface area contributed by atoms with Gasteiger partial charge in [0.25, 0.3) is 0 Å². The molecule has 2 aliphatic heterocycles. The smallest absolute Gasteiger partial charge is 0.191 e. The molecule has 4 heteroatoms. The molecule has 1 saturated heterocycles. The third kappa shape index (κ3) is 2.47. The van der Waals surface area contributed by atoms with Crippen LogP contribution in [0.5, 0.6) is 0 Å². The first-order valence-corrected chi connectivity index (χ1v) is 7.70. The van der Waals surface area contributed by atoms with Crippen LogP contribution in [-0.2, 0) is 4.74 Å². The molecule has 2 fully saturated rings. The molecule has 0 bridgehead atoms. The lowest BCUT2D eigenvalue weighted by molar-refractivity contribution is 0.0349. The Kier molecular flexibility index (Phi) is 3.24. The Morgan fingerprint density at radius 2 is 2.05 bits per heavy atom. The van der Waals surface area contributed by atoms with Crippen molar-refractivity contribution >= 4 is 5.96 Å². The minimum absolute atomic E-state index is 0.200. The van der Waals surface area contributed by atoms with Crippen LogP contribution in [0.15, 0.2) is 4.99 Å². The lowest BCUT2D eigenvalue weighted by atomic mass is 9.69. The van der Waals surface area contributed by atoms with Gasteiger partial charge < -0.3 is 15.4 Å². The average Bonchev–Trinajstić information content (AvgIpc) is 2.97. The van der Waals surface area contributed by atoms with Crippen LogP contribution >= 0.6 is 0 Å². The number of rotatable bonds is 2. The highest BCUT2D eigenvalue weighted by molar-refractivity contribution is 5.81. The van der Waals surface area contributed by atoms with Gasteiger partial charge in [0.15, 0.2) is 5.96 Å². The summed E-state index contributed by atoms with van der Waals surface area (Å²) in [6, 6.07) is 0. The normalized spacial score (nSPS) is 32.8. The van der Waals surface area contributed by atoms with E-state index in [1.54, 1.807) is 0 Å². The Bertz CT molecular complexity index is 362. The molecule has 4 nitrogen and oxygen atoms in total. The molecule has 0 aromatic rings. The molecule has 1 atom stereocenters. The van der Waals surface area contributed by atoms with Crippen molar-refractivity contribution in [2.75, 3.05) is 19.7 Å². The molecule has 2 heterocycles. The largest absolute Gasteiger partial charge is 0.376 e. The zero-order valence-corrected chi connectivity index (χ0v) is 12.3. The van der Waals surface area contributed by atoms with Crippen molar-refractivity contribution in [3.8, 4) is 0 Å². The van der Waals surface area contributed by atoms with Gasteiger partial charge in [-0.05, 0) is 43.9 Å². The molecule has 0 amide bonds. The van der Waals surface area contributed by atoms with Gasteiger partial charge in [-0.3, -0.25) is 4.99 Å². The van der Waals surface area contributed by atoms with Crippen LogP contribution in [0.3, 0.4) is 0 Å². The fraction of sp³-hybridized carbons (Fsp3) is 0.933. The highest BCUT2D eigenvalue weighted by Crippen LogP contribution is 2.45. The van der Waals surface area contributed by atoms with E-state index in [1.807, 2.05) is 0 Å². The summed E-state index contributed by atoms with van der Waals surface area (Å²) in [5, 5.41) is 0.